The fourth-order valence-electron chi connectivity index (χ4n) is 1.81. The number of nitrogens with two attached hydrogens (primary N) is 1. The van der Waals surface area contributed by atoms with Gasteiger partial charge in [-0.25, -0.2) is 0 Å². The van der Waals surface area contributed by atoms with Gasteiger partial charge in [0.15, 0.2) is 0 Å². The second-order valence-electron chi connectivity index (χ2n) is 4.62. The summed E-state index contributed by atoms with van der Waals surface area (Å²) in [7, 11) is 0. The van der Waals surface area contributed by atoms with E-state index in [1.165, 1.54) is 6.42 Å². The first-order valence-electron chi connectivity index (χ1n) is 7.06. The minimum atomic E-state index is -0.236. The molecule has 6 heteroatoms. The first-order valence-corrected chi connectivity index (χ1v) is 7.06. The van der Waals surface area contributed by atoms with E-state index in [0.717, 1.165) is 25.7 Å². The number of hydrogen-bond donors (Lipinski definition) is 3. The summed E-state index contributed by atoms with van der Waals surface area (Å²) in [5, 5.41) is 5.23. The van der Waals surface area contributed by atoms with Gasteiger partial charge in [-0.3, -0.25) is 9.59 Å². The molecule has 1 aliphatic rings. The predicted molar refractivity (Wildman–Crippen MR) is 75.7 cm³/mol. The molecule has 2 amide bonds. The molecule has 0 aromatic carbocycles. The number of ether oxygens (including phenoxy) is 1. The van der Waals surface area contributed by atoms with E-state index in [1.807, 2.05) is 0 Å². The minimum absolute atomic E-state index is 0.00415. The van der Waals surface area contributed by atoms with Gasteiger partial charge in [0.05, 0.1) is 6.54 Å². The monoisotopic (exact) mass is 281 g/mol. The highest BCUT2D eigenvalue weighted by Gasteiger charge is 2.10. The molecular formula is C14H23N3O3. The summed E-state index contributed by atoms with van der Waals surface area (Å²) in [6, 6.07) is 0. The highest BCUT2D eigenvalue weighted by molar-refractivity contribution is 5.78. The summed E-state index contributed by atoms with van der Waals surface area (Å²) >= 11 is 0. The molecule has 0 aromatic rings. The van der Waals surface area contributed by atoms with E-state index < -0.39 is 0 Å². The Morgan fingerprint density at radius 1 is 1.15 bits per heavy atom. The number of carbonyl (C=O) groups excluding carboxylic acids is 2. The van der Waals surface area contributed by atoms with E-state index in [1.54, 1.807) is 0 Å². The van der Waals surface area contributed by atoms with Gasteiger partial charge in [-0.15, -0.1) is 5.92 Å². The predicted octanol–water partition coefficient (Wildman–Crippen LogP) is -0.470. The molecule has 1 unspecified atom stereocenters. The fourth-order valence-corrected chi connectivity index (χ4v) is 1.81. The molecule has 1 atom stereocenters. The van der Waals surface area contributed by atoms with Gasteiger partial charge in [0.25, 0.3) is 0 Å². The molecule has 112 valence electrons. The Morgan fingerprint density at radius 3 is 2.65 bits per heavy atom. The van der Waals surface area contributed by atoms with Gasteiger partial charge in [0.2, 0.25) is 11.8 Å². The van der Waals surface area contributed by atoms with Gasteiger partial charge in [0, 0.05) is 19.5 Å². The Hall–Kier alpha value is -1.58. The van der Waals surface area contributed by atoms with Crippen LogP contribution in [0.1, 0.15) is 32.1 Å². The molecule has 0 spiro atoms. The third-order valence-corrected chi connectivity index (χ3v) is 2.90. The molecule has 0 aliphatic heterocycles. The summed E-state index contributed by atoms with van der Waals surface area (Å²) in [4.78, 5) is 22.4. The van der Waals surface area contributed by atoms with Gasteiger partial charge in [0.1, 0.15) is 12.7 Å². The first-order chi connectivity index (χ1) is 9.72. The summed E-state index contributed by atoms with van der Waals surface area (Å²) in [6.07, 6.45) is 5.06. The minimum Gasteiger partial charge on any atom is -0.356 e. The number of rotatable bonds is 7. The summed E-state index contributed by atoms with van der Waals surface area (Å²) in [6.45, 7) is 0.691. The normalized spacial score (nSPS) is 18.1. The van der Waals surface area contributed by atoms with Crippen molar-refractivity contribution >= 4 is 11.8 Å². The van der Waals surface area contributed by atoms with Crippen molar-refractivity contribution in [3.8, 4) is 11.8 Å². The lowest BCUT2D eigenvalue weighted by atomic mass is 10.1. The van der Waals surface area contributed by atoms with Crippen LogP contribution >= 0.6 is 0 Å². The Bertz CT molecular complexity index is 374. The van der Waals surface area contributed by atoms with E-state index in [-0.39, 0.29) is 31.1 Å². The number of amides is 2. The maximum atomic E-state index is 11.5. The van der Waals surface area contributed by atoms with Gasteiger partial charge in [-0.1, -0.05) is 12.3 Å². The molecular weight excluding hydrogens is 258 g/mol. The van der Waals surface area contributed by atoms with Crippen molar-refractivity contribution in [3.05, 3.63) is 0 Å². The van der Waals surface area contributed by atoms with E-state index in [9.17, 15) is 9.59 Å². The average Bonchev–Trinajstić information content (AvgIpc) is 2.42. The smallest absolute Gasteiger partial charge is 0.246 e. The molecule has 0 saturated carbocycles. The lowest BCUT2D eigenvalue weighted by Gasteiger charge is -2.13. The second-order valence-corrected chi connectivity index (χ2v) is 4.62. The second kappa shape index (κ2) is 10.2. The zero-order valence-electron chi connectivity index (χ0n) is 11.7. The molecule has 0 bridgehead atoms. The summed E-state index contributed by atoms with van der Waals surface area (Å²) in [5.41, 5.74) is 5.14. The number of nitrogens with one attached hydrogen (secondary N) is 2. The Morgan fingerprint density at radius 2 is 1.90 bits per heavy atom. The molecule has 0 fully saturated rings. The molecule has 0 heterocycles. The quantitative estimate of drug-likeness (QED) is 0.434. The van der Waals surface area contributed by atoms with Crippen molar-refractivity contribution < 1.29 is 14.3 Å². The highest BCUT2D eigenvalue weighted by atomic mass is 16.5. The van der Waals surface area contributed by atoms with E-state index in [4.69, 9.17) is 10.5 Å². The fraction of sp³-hybridized carbons (Fsp3) is 0.714. The Labute approximate surface area is 119 Å². The third-order valence-electron chi connectivity index (χ3n) is 2.90. The Kier molecular flexibility index (Phi) is 8.43. The van der Waals surface area contributed by atoms with Gasteiger partial charge < -0.3 is 21.1 Å². The van der Waals surface area contributed by atoms with Crippen LogP contribution in [0.2, 0.25) is 0 Å². The van der Waals surface area contributed by atoms with Crippen LogP contribution in [-0.2, 0) is 14.3 Å². The SMILES string of the molecule is NCC(=O)NCCNC(=O)COC1C#CCCCCC1. The maximum absolute atomic E-state index is 11.5. The zero-order valence-corrected chi connectivity index (χ0v) is 11.7. The van der Waals surface area contributed by atoms with Crippen molar-refractivity contribution in [1.82, 2.24) is 10.6 Å². The van der Waals surface area contributed by atoms with Crippen molar-refractivity contribution in [2.24, 2.45) is 5.73 Å². The lowest BCUT2D eigenvalue weighted by molar-refractivity contribution is -0.127. The zero-order chi connectivity index (χ0) is 14.6. The van der Waals surface area contributed by atoms with Crippen LogP contribution < -0.4 is 16.4 Å². The maximum Gasteiger partial charge on any atom is 0.246 e. The summed E-state index contributed by atoms with van der Waals surface area (Å²) in [5.74, 6) is 5.68. The molecule has 1 rings (SSSR count). The standard InChI is InChI=1S/C14H23N3O3/c15-10-13(18)16-8-9-17-14(19)11-20-12-6-4-2-1-3-5-7-12/h12H,1-4,6,8-11,15H2,(H,16,18)(H,17,19). The van der Waals surface area contributed by atoms with Crippen molar-refractivity contribution in [3.63, 3.8) is 0 Å². The van der Waals surface area contributed by atoms with Crippen LogP contribution in [0.15, 0.2) is 0 Å². The van der Waals surface area contributed by atoms with Crippen molar-refractivity contribution in [2.45, 2.75) is 38.2 Å². The molecule has 6 nitrogen and oxygen atoms in total. The number of carbonyl (C=O) groups is 2. The van der Waals surface area contributed by atoms with Crippen molar-refractivity contribution in [2.75, 3.05) is 26.2 Å². The third kappa shape index (κ3) is 7.77. The molecule has 0 saturated heterocycles. The average molecular weight is 281 g/mol. The topological polar surface area (TPSA) is 93.5 Å². The molecule has 20 heavy (non-hydrogen) atoms. The summed E-state index contributed by atoms with van der Waals surface area (Å²) < 4.78 is 5.49. The lowest BCUT2D eigenvalue weighted by Crippen LogP contribution is -2.38. The molecule has 4 N–H and O–H groups in total. The van der Waals surface area contributed by atoms with Crippen LogP contribution in [0.25, 0.3) is 0 Å². The van der Waals surface area contributed by atoms with Crippen LogP contribution in [0.3, 0.4) is 0 Å². The number of hydrogen-bond acceptors (Lipinski definition) is 4. The molecule has 0 radical (unpaired) electrons. The van der Waals surface area contributed by atoms with Crippen molar-refractivity contribution in [1.29, 1.82) is 0 Å². The Balaban J connectivity index is 2.11. The first kappa shape index (κ1) is 16.5. The van der Waals surface area contributed by atoms with Gasteiger partial charge >= 0.3 is 0 Å². The van der Waals surface area contributed by atoms with E-state index in [2.05, 4.69) is 22.5 Å². The molecule has 0 aromatic heterocycles. The van der Waals surface area contributed by atoms with E-state index in [0.29, 0.717) is 13.1 Å². The van der Waals surface area contributed by atoms with Gasteiger partial charge in [-0.2, -0.15) is 0 Å². The van der Waals surface area contributed by atoms with Gasteiger partial charge in [-0.05, 0) is 19.3 Å². The van der Waals surface area contributed by atoms with Crippen LogP contribution in [0, 0.1) is 11.8 Å². The van der Waals surface area contributed by atoms with Crippen LogP contribution in [0.4, 0.5) is 0 Å². The van der Waals surface area contributed by atoms with Crippen LogP contribution in [-0.4, -0.2) is 44.2 Å². The molecule has 1 aliphatic carbocycles. The van der Waals surface area contributed by atoms with Crippen LogP contribution in [0.5, 0.6) is 0 Å². The largest absolute Gasteiger partial charge is 0.356 e. The van der Waals surface area contributed by atoms with E-state index >= 15 is 0 Å². The highest BCUT2D eigenvalue weighted by Crippen LogP contribution is 2.10.